The molecule has 2 saturated heterocycles. The van der Waals surface area contributed by atoms with Crippen molar-refractivity contribution in [2.75, 3.05) is 32.8 Å². The number of likely N-dealkylation sites (tertiary alicyclic amines) is 1. The molecule has 2 fully saturated rings. The Labute approximate surface area is 125 Å². The van der Waals surface area contributed by atoms with Crippen LogP contribution in [0.2, 0.25) is 0 Å². The summed E-state index contributed by atoms with van der Waals surface area (Å²) in [5.74, 6) is 0.599. The van der Waals surface area contributed by atoms with Crippen molar-refractivity contribution >= 4 is 5.91 Å². The van der Waals surface area contributed by atoms with E-state index in [4.69, 9.17) is 4.74 Å². The first-order chi connectivity index (χ1) is 10.2. The molecule has 0 bridgehead atoms. The zero-order valence-corrected chi connectivity index (χ0v) is 12.6. The zero-order chi connectivity index (χ0) is 14.7. The van der Waals surface area contributed by atoms with Crippen LogP contribution in [0.15, 0.2) is 12.3 Å². The number of hydrogen-bond acceptors (Lipinski definition) is 4. The number of ether oxygens (including phenoxy) is 1. The van der Waals surface area contributed by atoms with Crippen LogP contribution in [0, 0.1) is 5.92 Å². The van der Waals surface area contributed by atoms with E-state index >= 15 is 0 Å². The van der Waals surface area contributed by atoms with Gasteiger partial charge < -0.3 is 15.0 Å². The summed E-state index contributed by atoms with van der Waals surface area (Å²) in [6, 6.07) is 1.99. The van der Waals surface area contributed by atoms with E-state index < -0.39 is 0 Å². The third-order valence-corrected chi connectivity index (χ3v) is 4.33. The van der Waals surface area contributed by atoms with Gasteiger partial charge in [0.05, 0.1) is 6.61 Å². The molecule has 0 aliphatic carbocycles. The highest BCUT2D eigenvalue weighted by molar-refractivity contribution is 5.92. The summed E-state index contributed by atoms with van der Waals surface area (Å²) in [5.41, 5.74) is 0.499. The van der Waals surface area contributed by atoms with Crippen LogP contribution in [0.5, 0.6) is 0 Å². The molecule has 2 aliphatic rings. The molecule has 6 nitrogen and oxygen atoms in total. The summed E-state index contributed by atoms with van der Waals surface area (Å²) in [6.45, 7) is 4.96. The second-order valence-corrected chi connectivity index (χ2v) is 6.18. The monoisotopic (exact) mass is 292 g/mol. The number of rotatable bonds is 4. The van der Waals surface area contributed by atoms with Gasteiger partial charge in [-0.2, -0.15) is 5.10 Å². The van der Waals surface area contributed by atoms with Gasteiger partial charge >= 0.3 is 0 Å². The molecule has 1 aromatic rings. The fourth-order valence-corrected chi connectivity index (χ4v) is 3.23. The normalized spacial score (nSPS) is 26.9. The second kappa shape index (κ2) is 6.58. The van der Waals surface area contributed by atoms with E-state index in [1.165, 1.54) is 6.42 Å². The van der Waals surface area contributed by atoms with Crippen LogP contribution in [0.4, 0.5) is 0 Å². The van der Waals surface area contributed by atoms with Crippen molar-refractivity contribution in [1.82, 2.24) is 20.0 Å². The number of aryl methyl sites for hydroxylation is 1. The van der Waals surface area contributed by atoms with Gasteiger partial charge in [0, 0.05) is 39.0 Å². The molecule has 2 unspecified atom stereocenters. The lowest BCUT2D eigenvalue weighted by Crippen LogP contribution is -2.49. The summed E-state index contributed by atoms with van der Waals surface area (Å²) < 4.78 is 7.10. The van der Waals surface area contributed by atoms with Crippen molar-refractivity contribution in [1.29, 1.82) is 0 Å². The van der Waals surface area contributed by atoms with Crippen LogP contribution in [-0.4, -0.2) is 59.5 Å². The van der Waals surface area contributed by atoms with Crippen molar-refractivity contribution in [3.8, 4) is 0 Å². The highest BCUT2D eigenvalue weighted by atomic mass is 16.5. The largest absolute Gasteiger partial charge is 0.381 e. The molecule has 0 radical (unpaired) electrons. The Morgan fingerprint density at radius 3 is 3.14 bits per heavy atom. The van der Waals surface area contributed by atoms with Crippen molar-refractivity contribution in [3.63, 3.8) is 0 Å². The number of carbonyl (C=O) groups excluding carboxylic acids is 1. The Bertz CT molecular complexity index is 482. The number of carbonyl (C=O) groups is 1. The molecule has 1 amide bonds. The maximum atomic E-state index is 12.2. The molecule has 6 heteroatoms. The molecule has 0 saturated carbocycles. The summed E-state index contributed by atoms with van der Waals surface area (Å²) in [7, 11) is 1.82. The molecule has 3 rings (SSSR count). The van der Waals surface area contributed by atoms with Crippen LogP contribution in [0.25, 0.3) is 0 Å². The zero-order valence-electron chi connectivity index (χ0n) is 12.6. The number of amides is 1. The van der Waals surface area contributed by atoms with E-state index in [2.05, 4.69) is 15.3 Å². The molecule has 1 N–H and O–H groups in total. The van der Waals surface area contributed by atoms with Gasteiger partial charge in [0.15, 0.2) is 0 Å². The van der Waals surface area contributed by atoms with E-state index in [0.29, 0.717) is 11.6 Å². The molecule has 2 aliphatic heterocycles. The van der Waals surface area contributed by atoms with Gasteiger partial charge in [-0.3, -0.25) is 9.48 Å². The number of nitrogens with zero attached hydrogens (tertiary/aromatic N) is 3. The maximum Gasteiger partial charge on any atom is 0.272 e. The lowest BCUT2D eigenvalue weighted by Gasteiger charge is -2.34. The lowest BCUT2D eigenvalue weighted by atomic mass is 10.0. The Kier molecular flexibility index (Phi) is 4.55. The third-order valence-electron chi connectivity index (χ3n) is 4.33. The number of nitrogens with one attached hydrogen (secondary N) is 1. The van der Waals surface area contributed by atoms with Crippen LogP contribution in [0.3, 0.4) is 0 Å². The van der Waals surface area contributed by atoms with Crippen LogP contribution >= 0.6 is 0 Å². The topological polar surface area (TPSA) is 59.4 Å². The fraction of sp³-hybridized carbons (Fsp3) is 0.733. The van der Waals surface area contributed by atoms with Crippen LogP contribution in [0.1, 0.15) is 29.8 Å². The van der Waals surface area contributed by atoms with E-state index in [0.717, 1.165) is 45.7 Å². The minimum atomic E-state index is -0.0633. The van der Waals surface area contributed by atoms with Gasteiger partial charge in [0.1, 0.15) is 5.69 Å². The molecule has 1 aromatic heterocycles. The quantitative estimate of drug-likeness (QED) is 0.885. The highest BCUT2D eigenvalue weighted by Gasteiger charge is 2.25. The summed E-state index contributed by atoms with van der Waals surface area (Å²) in [5, 5.41) is 7.27. The van der Waals surface area contributed by atoms with Gasteiger partial charge in [-0.1, -0.05) is 0 Å². The van der Waals surface area contributed by atoms with E-state index in [-0.39, 0.29) is 11.9 Å². The molecule has 3 heterocycles. The Balaban J connectivity index is 1.50. The summed E-state index contributed by atoms with van der Waals surface area (Å²) >= 11 is 0. The van der Waals surface area contributed by atoms with Crippen molar-refractivity contribution in [2.24, 2.45) is 13.0 Å². The highest BCUT2D eigenvalue weighted by Crippen LogP contribution is 2.17. The standard InChI is InChI=1S/C15H24N4O2/c1-18-7-4-14(17-18)15(20)16-13-3-2-6-19(10-13)9-12-5-8-21-11-12/h4,7,12-13H,2-3,5-6,8-11H2,1H3,(H,16,20). The maximum absolute atomic E-state index is 12.2. The Hall–Kier alpha value is -1.40. The summed E-state index contributed by atoms with van der Waals surface area (Å²) in [4.78, 5) is 14.6. The average Bonchev–Trinajstić information content (AvgIpc) is 3.11. The third kappa shape index (κ3) is 3.83. The Morgan fingerprint density at radius 2 is 2.43 bits per heavy atom. The SMILES string of the molecule is Cn1ccc(C(=O)NC2CCCN(CC3CCOC3)C2)n1. The molecule has 0 spiro atoms. The Morgan fingerprint density at radius 1 is 1.52 bits per heavy atom. The molecule has 2 atom stereocenters. The molecule has 0 aromatic carbocycles. The van der Waals surface area contributed by atoms with Gasteiger partial charge in [-0.25, -0.2) is 0 Å². The molecule has 21 heavy (non-hydrogen) atoms. The van der Waals surface area contributed by atoms with Gasteiger partial charge in [-0.05, 0) is 37.8 Å². The summed E-state index contributed by atoms with van der Waals surface area (Å²) in [6.07, 6.45) is 5.15. The first-order valence-electron chi connectivity index (χ1n) is 7.81. The number of hydrogen-bond donors (Lipinski definition) is 1. The average molecular weight is 292 g/mol. The van der Waals surface area contributed by atoms with Gasteiger partial charge in [-0.15, -0.1) is 0 Å². The van der Waals surface area contributed by atoms with Gasteiger partial charge in [0.25, 0.3) is 5.91 Å². The molecular formula is C15H24N4O2. The minimum Gasteiger partial charge on any atom is -0.381 e. The second-order valence-electron chi connectivity index (χ2n) is 6.18. The molecule has 116 valence electrons. The van der Waals surface area contributed by atoms with Crippen LogP contribution in [-0.2, 0) is 11.8 Å². The van der Waals surface area contributed by atoms with Crippen molar-refractivity contribution in [2.45, 2.75) is 25.3 Å². The minimum absolute atomic E-state index is 0.0633. The predicted molar refractivity (Wildman–Crippen MR) is 79.1 cm³/mol. The fourth-order valence-electron chi connectivity index (χ4n) is 3.23. The number of piperidine rings is 1. The lowest BCUT2D eigenvalue weighted by molar-refractivity contribution is 0.0886. The van der Waals surface area contributed by atoms with E-state index in [9.17, 15) is 4.79 Å². The smallest absolute Gasteiger partial charge is 0.272 e. The molecular weight excluding hydrogens is 268 g/mol. The first kappa shape index (κ1) is 14.5. The van der Waals surface area contributed by atoms with Crippen molar-refractivity contribution in [3.05, 3.63) is 18.0 Å². The van der Waals surface area contributed by atoms with E-state index in [1.807, 2.05) is 7.05 Å². The van der Waals surface area contributed by atoms with Crippen molar-refractivity contribution < 1.29 is 9.53 Å². The van der Waals surface area contributed by atoms with Crippen LogP contribution < -0.4 is 5.32 Å². The predicted octanol–water partition coefficient (Wildman–Crippen LogP) is 0.651. The first-order valence-corrected chi connectivity index (χ1v) is 7.81. The van der Waals surface area contributed by atoms with Gasteiger partial charge in [0.2, 0.25) is 0 Å². The number of aromatic nitrogens is 2. The van der Waals surface area contributed by atoms with E-state index in [1.54, 1.807) is 16.9 Å².